The highest BCUT2D eigenvalue weighted by Crippen LogP contribution is 2.19. The van der Waals surface area contributed by atoms with Crippen LogP contribution in [-0.2, 0) is 4.79 Å². The zero-order chi connectivity index (χ0) is 19.9. The number of hydrogen-bond donors (Lipinski definition) is 2. The number of carbonyl (C=O) groups excluding carboxylic acids is 2. The van der Waals surface area contributed by atoms with Crippen LogP contribution in [0.3, 0.4) is 0 Å². The minimum absolute atomic E-state index is 0.0103. The first-order chi connectivity index (χ1) is 13.5. The second-order valence-electron chi connectivity index (χ2n) is 6.82. The van der Waals surface area contributed by atoms with Gasteiger partial charge < -0.3 is 15.5 Å². The molecule has 1 heterocycles. The number of likely N-dealkylation sites (tertiary alicyclic amines) is 1. The third-order valence-electron chi connectivity index (χ3n) is 4.66. The highest BCUT2D eigenvalue weighted by atomic mass is 35.5. The molecule has 2 amide bonds. The van der Waals surface area contributed by atoms with Gasteiger partial charge in [-0.15, -0.1) is 0 Å². The van der Waals surface area contributed by atoms with E-state index in [4.69, 9.17) is 11.6 Å². The van der Waals surface area contributed by atoms with Crippen molar-refractivity contribution in [2.24, 2.45) is 0 Å². The fraction of sp³-hybridized carbons (Fsp3) is 0.333. The van der Waals surface area contributed by atoms with E-state index in [9.17, 15) is 14.0 Å². The minimum Gasteiger partial charge on any atom is -0.376 e. The van der Waals surface area contributed by atoms with E-state index in [0.717, 1.165) is 25.9 Å². The molecular weight excluding hydrogens is 381 g/mol. The Kier molecular flexibility index (Phi) is 6.87. The van der Waals surface area contributed by atoms with E-state index in [1.165, 1.54) is 31.0 Å². The maximum Gasteiger partial charge on any atom is 0.253 e. The number of nitrogens with zero attached hydrogens (tertiary/aromatic N) is 1. The Labute approximate surface area is 168 Å². The Hall–Kier alpha value is -2.60. The van der Waals surface area contributed by atoms with Crippen molar-refractivity contribution in [3.05, 3.63) is 58.9 Å². The van der Waals surface area contributed by atoms with Crippen molar-refractivity contribution in [2.75, 3.05) is 30.3 Å². The lowest BCUT2D eigenvalue weighted by Crippen LogP contribution is -2.31. The van der Waals surface area contributed by atoms with Crippen LogP contribution in [0.5, 0.6) is 0 Å². The van der Waals surface area contributed by atoms with Crippen molar-refractivity contribution in [3.63, 3.8) is 0 Å². The molecular formula is C21H23ClFN3O2. The van der Waals surface area contributed by atoms with Gasteiger partial charge in [-0.05, 0) is 49.2 Å². The summed E-state index contributed by atoms with van der Waals surface area (Å²) in [7, 11) is 0. The van der Waals surface area contributed by atoms with Gasteiger partial charge in [0.05, 0.1) is 11.6 Å². The molecule has 0 atom stereocenters. The summed E-state index contributed by atoms with van der Waals surface area (Å²) in [5.74, 6) is -0.813. The largest absolute Gasteiger partial charge is 0.376 e. The van der Waals surface area contributed by atoms with Gasteiger partial charge in [0.1, 0.15) is 5.82 Å². The minimum atomic E-state index is -0.538. The normalized spacial score (nSPS) is 14.3. The first-order valence-electron chi connectivity index (χ1n) is 9.41. The van der Waals surface area contributed by atoms with Crippen molar-refractivity contribution < 1.29 is 14.0 Å². The van der Waals surface area contributed by atoms with Crippen molar-refractivity contribution >= 4 is 34.8 Å². The molecule has 0 aliphatic carbocycles. The van der Waals surface area contributed by atoms with Gasteiger partial charge in [0, 0.05) is 30.0 Å². The Morgan fingerprint density at radius 2 is 1.75 bits per heavy atom. The molecule has 28 heavy (non-hydrogen) atoms. The predicted octanol–water partition coefficient (Wildman–Crippen LogP) is 4.55. The molecule has 0 spiro atoms. The van der Waals surface area contributed by atoms with Gasteiger partial charge in [-0.1, -0.05) is 30.5 Å². The Morgan fingerprint density at radius 3 is 2.46 bits per heavy atom. The van der Waals surface area contributed by atoms with E-state index in [0.29, 0.717) is 16.9 Å². The Morgan fingerprint density at radius 1 is 1.00 bits per heavy atom. The molecule has 2 aromatic rings. The number of rotatable bonds is 5. The summed E-state index contributed by atoms with van der Waals surface area (Å²) in [6.45, 7) is 1.59. The van der Waals surface area contributed by atoms with Crippen LogP contribution < -0.4 is 10.6 Å². The van der Waals surface area contributed by atoms with Crippen LogP contribution in [-0.4, -0.2) is 36.3 Å². The monoisotopic (exact) mass is 403 g/mol. The third kappa shape index (κ3) is 5.45. The Balaban J connectivity index is 1.57. The van der Waals surface area contributed by atoms with E-state index in [1.807, 2.05) is 4.90 Å². The first kappa shape index (κ1) is 20.1. The molecule has 2 aromatic carbocycles. The summed E-state index contributed by atoms with van der Waals surface area (Å²) in [6.07, 6.45) is 4.41. The highest BCUT2D eigenvalue weighted by molar-refractivity contribution is 6.31. The molecule has 7 heteroatoms. The molecule has 1 aliphatic heterocycles. The van der Waals surface area contributed by atoms with Gasteiger partial charge in [0.2, 0.25) is 5.91 Å². The maximum absolute atomic E-state index is 13.2. The van der Waals surface area contributed by atoms with E-state index in [2.05, 4.69) is 10.6 Å². The van der Waals surface area contributed by atoms with Gasteiger partial charge >= 0.3 is 0 Å². The molecule has 0 aromatic heterocycles. The lowest BCUT2D eigenvalue weighted by molar-refractivity contribution is -0.114. The second-order valence-corrected chi connectivity index (χ2v) is 7.23. The van der Waals surface area contributed by atoms with Gasteiger partial charge in [0.15, 0.2) is 0 Å². The molecule has 0 bridgehead atoms. The second kappa shape index (κ2) is 9.55. The van der Waals surface area contributed by atoms with Gasteiger partial charge in [-0.3, -0.25) is 9.59 Å². The van der Waals surface area contributed by atoms with Crippen molar-refractivity contribution in [3.8, 4) is 0 Å². The van der Waals surface area contributed by atoms with Gasteiger partial charge in [0.25, 0.3) is 5.91 Å². The summed E-state index contributed by atoms with van der Waals surface area (Å²) < 4.78 is 13.2. The van der Waals surface area contributed by atoms with Crippen LogP contribution in [0, 0.1) is 5.82 Å². The SMILES string of the molecule is O=C(CNc1cccc(C(=O)N2CCCCCC2)c1)Nc1ccc(F)c(Cl)c1. The topological polar surface area (TPSA) is 61.4 Å². The predicted molar refractivity (Wildman–Crippen MR) is 109 cm³/mol. The molecule has 2 N–H and O–H groups in total. The molecule has 1 aliphatic rings. The van der Waals surface area contributed by atoms with Crippen LogP contribution in [0.2, 0.25) is 5.02 Å². The molecule has 0 radical (unpaired) electrons. The third-order valence-corrected chi connectivity index (χ3v) is 4.95. The number of hydrogen-bond acceptors (Lipinski definition) is 3. The molecule has 1 fully saturated rings. The summed E-state index contributed by atoms with van der Waals surface area (Å²) in [5, 5.41) is 5.61. The zero-order valence-corrected chi connectivity index (χ0v) is 16.3. The van der Waals surface area contributed by atoms with Gasteiger partial charge in [-0.2, -0.15) is 0 Å². The first-order valence-corrected chi connectivity index (χ1v) is 9.79. The van der Waals surface area contributed by atoms with Crippen LogP contribution >= 0.6 is 11.6 Å². The fourth-order valence-corrected chi connectivity index (χ4v) is 3.36. The van der Waals surface area contributed by atoms with Crippen LogP contribution in [0.4, 0.5) is 15.8 Å². The van der Waals surface area contributed by atoms with E-state index in [-0.39, 0.29) is 23.4 Å². The van der Waals surface area contributed by atoms with E-state index < -0.39 is 5.82 Å². The average Bonchev–Trinajstić information content (AvgIpc) is 2.98. The highest BCUT2D eigenvalue weighted by Gasteiger charge is 2.17. The number of carbonyl (C=O) groups is 2. The van der Waals surface area contributed by atoms with E-state index >= 15 is 0 Å². The van der Waals surface area contributed by atoms with Crippen LogP contribution in [0.1, 0.15) is 36.0 Å². The number of nitrogens with one attached hydrogen (secondary N) is 2. The molecule has 5 nitrogen and oxygen atoms in total. The fourth-order valence-electron chi connectivity index (χ4n) is 3.18. The Bertz CT molecular complexity index is 851. The molecule has 3 rings (SSSR count). The molecule has 1 saturated heterocycles. The molecule has 148 valence electrons. The van der Waals surface area contributed by atoms with Crippen molar-refractivity contribution in [1.29, 1.82) is 0 Å². The zero-order valence-electron chi connectivity index (χ0n) is 15.5. The number of anilines is 2. The molecule has 0 saturated carbocycles. The smallest absolute Gasteiger partial charge is 0.253 e. The van der Waals surface area contributed by atoms with Crippen molar-refractivity contribution in [1.82, 2.24) is 4.90 Å². The van der Waals surface area contributed by atoms with Gasteiger partial charge in [-0.25, -0.2) is 4.39 Å². The number of halogens is 2. The summed E-state index contributed by atoms with van der Waals surface area (Å²) in [6, 6.07) is 11.2. The summed E-state index contributed by atoms with van der Waals surface area (Å²) in [4.78, 5) is 26.7. The lowest BCUT2D eigenvalue weighted by atomic mass is 10.1. The average molecular weight is 404 g/mol. The molecule has 0 unspecified atom stereocenters. The quantitative estimate of drug-likeness (QED) is 0.770. The number of amides is 2. The maximum atomic E-state index is 13.2. The van der Waals surface area contributed by atoms with Crippen LogP contribution in [0.25, 0.3) is 0 Å². The summed E-state index contributed by atoms with van der Waals surface area (Å²) in [5.41, 5.74) is 1.72. The summed E-state index contributed by atoms with van der Waals surface area (Å²) >= 11 is 5.71. The van der Waals surface area contributed by atoms with Crippen LogP contribution in [0.15, 0.2) is 42.5 Å². The number of benzene rings is 2. The standard InChI is InChI=1S/C21H23ClFN3O2/c22-18-13-17(8-9-19(18)23)25-20(27)14-24-16-7-5-6-15(12-16)21(28)26-10-3-1-2-4-11-26/h5-9,12-13,24H,1-4,10-11,14H2,(H,25,27). The lowest BCUT2D eigenvalue weighted by Gasteiger charge is -2.20. The van der Waals surface area contributed by atoms with Crippen molar-refractivity contribution in [2.45, 2.75) is 25.7 Å². The van der Waals surface area contributed by atoms with E-state index in [1.54, 1.807) is 24.3 Å².